The zero-order valence-electron chi connectivity index (χ0n) is 10.2. The zero-order valence-corrected chi connectivity index (χ0v) is 10.2. The molecule has 0 aliphatic heterocycles. The first-order valence-electron chi connectivity index (χ1n) is 5.52. The third kappa shape index (κ3) is 3.15. The molecular weight excluding hydrogens is 248 g/mol. The number of nitrogens with zero attached hydrogens (tertiary/aromatic N) is 2. The third-order valence-electron chi connectivity index (χ3n) is 2.39. The van der Waals surface area contributed by atoms with Gasteiger partial charge in [0.15, 0.2) is 0 Å². The third-order valence-corrected chi connectivity index (χ3v) is 2.39. The van der Waals surface area contributed by atoms with Gasteiger partial charge in [0.2, 0.25) is 5.88 Å². The van der Waals surface area contributed by atoms with Crippen molar-refractivity contribution >= 4 is 5.91 Å². The predicted octanol–water partition coefficient (Wildman–Crippen LogP) is 0.103. The maximum absolute atomic E-state index is 11.8. The second kappa shape index (κ2) is 5.76. The Morgan fingerprint density at radius 1 is 1.42 bits per heavy atom. The first-order valence-corrected chi connectivity index (χ1v) is 5.52. The van der Waals surface area contributed by atoms with E-state index in [1.54, 1.807) is 18.3 Å². The lowest BCUT2D eigenvalue weighted by Crippen LogP contribution is -2.25. The van der Waals surface area contributed by atoms with E-state index in [-0.39, 0.29) is 23.7 Å². The van der Waals surface area contributed by atoms with Crippen LogP contribution in [0.5, 0.6) is 5.88 Å². The van der Waals surface area contributed by atoms with Crippen molar-refractivity contribution in [1.82, 2.24) is 20.5 Å². The number of H-pyrrole nitrogens is 1. The van der Waals surface area contributed by atoms with E-state index in [0.29, 0.717) is 5.88 Å². The van der Waals surface area contributed by atoms with Crippen molar-refractivity contribution in [3.8, 4) is 5.88 Å². The topological polar surface area (TPSA) is 97.0 Å². The Bertz CT molecular complexity index is 618. The molecule has 7 nitrogen and oxygen atoms in total. The van der Waals surface area contributed by atoms with Crippen LogP contribution >= 0.6 is 0 Å². The van der Waals surface area contributed by atoms with Gasteiger partial charge in [-0.25, -0.2) is 10.1 Å². The van der Waals surface area contributed by atoms with Gasteiger partial charge in [-0.2, -0.15) is 5.10 Å². The van der Waals surface area contributed by atoms with Gasteiger partial charge in [-0.3, -0.25) is 9.59 Å². The molecule has 0 fully saturated rings. The average Bonchev–Trinajstić information content (AvgIpc) is 2.45. The number of ether oxygens (including phenoxy) is 1. The Hall–Kier alpha value is -2.70. The van der Waals surface area contributed by atoms with Crippen molar-refractivity contribution < 1.29 is 9.53 Å². The number of hydrogen-bond donors (Lipinski definition) is 2. The minimum Gasteiger partial charge on any atom is -0.481 e. The fraction of sp³-hybridized carbons (Fsp3) is 0.167. The smallest absolute Gasteiger partial charge is 0.271 e. The molecule has 2 rings (SSSR count). The predicted molar refractivity (Wildman–Crippen MR) is 66.8 cm³/mol. The van der Waals surface area contributed by atoms with Gasteiger partial charge in [-0.05, 0) is 12.1 Å². The van der Waals surface area contributed by atoms with E-state index in [4.69, 9.17) is 4.74 Å². The van der Waals surface area contributed by atoms with Crippen LogP contribution in [0.25, 0.3) is 0 Å². The number of methoxy groups -OCH3 is 1. The van der Waals surface area contributed by atoms with Gasteiger partial charge in [0.25, 0.3) is 11.5 Å². The molecule has 0 aliphatic carbocycles. The summed E-state index contributed by atoms with van der Waals surface area (Å²) in [5.74, 6) is 0.0689. The van der Waals surface area contributed by atoms with Crippen LogP contribution in [-0.2, 0) is 6.54 Å². The standard InChI is InChI=1S/C12H12N4O3/c1-19-12-8(3-2-6-13-12)7-14-11(18)9-4-5-10(17)16-15-9/h2-6H,7H2,1H3,(H,14,18)(H,16,17). The van der Waals surface area contributed by atoms with Crippen molar-refractivity contribution in [2.45, 2.75) is 6.54 Å². The quantitative estimate of drug-likeness (QED) is 0.812. The second-order valence-electron chi connectivity index (χ2n) is 3.66. The number of nitrogens with one attached hydrogen (secondary N) is 2. The summed E-state index contributed by atoms with van der Waals surface area (Å²) < 4.78 is 5.07. The number of carbonyl (C=O) groups excluding carboxylic acids is 1. The maximum atomic E-state index is 11.8. The van der Waals surface area contributed by atoms with Crippen LogP contribution < -0.4 is 15.6 Å². The summed E-state index contributed by atoms with van der Waals surface area (Å²) in [6.07, 6.45) is 1.60. The van der Waals surface area contributed by atoms with Gasteiger partial charge in [0.05, 0.1) is 7.11 Å². The molecule has 0 spiro atoms. The van der Waals surface area contributed by atoms with Crippen LogP contribution in [0.2, 0.25) is 0 Å². The first-order chi connectivity index (χ1) is 9.20. The van der Waals surface area contributed by atoms with E-state index >= 15 is 0 Å². The minimum atomic E-state index is -0.387. The largest absolute Gasteiger partial charge is 0.481 e. The number of rotatable bonds is 4. The molecule has 7 heteroatoms. The van der Waals surface area contributed by atoms with Crippen molar-refractivity contribution in [2.24, 2.45) is 0 Å². The minimum absolute atomic E-state index is 0.141. The number of amides is 1. The number of carbonyl (C=O) groups is 1. The molecule has 2 heterocycles. The van der Waals surface area contributed by atoms with Crippen molar-refractivity contribution in [3.05, 3.63) is 52.1 Å². The molecule has 2 aromatic heterocycles. The molecule has 0 atom stereocenters. The summed E-state index contributed by atoms with van der Waals surface area (Å²) in [5, 5.41) is 8.50. The highest BCUT2D eigenvalue weighted by Gasteiger charge is 2.09. The average molecular weight is 260 g/mol. The fourth-order valence-corrected chi connectivity index (χ4v) is 1.48. The highest BCUT2D eigenvalue weighted by molar-refractivity contribution is 5.91. The molecule has 1 amide bonds. The monoisotopic (exact) mass is 260 g/mol. The van der Waals surface area contributed by atoms with E-state index in [2.05, 4.69) is 20.5 Å². The summed E-state index contributed by atoms with van der Waals surface area (Å²) >= 11 is 0. The molecule has 2 aromatic rings. The summed E-state index contributed by atoms with van der Waals surface area (Å²) in [5.41, 5.74) is 0.538. The van der Waals surface area contributed by atoms with E-state index < -0.39 is 0 Å². The Balaban J connectivity index is 2.04. The Kier molecular flexibility index (Phi) is 3.87. The lowest BCUT2D eigenvalue weighted by atomic mass is 10.2. The van der Waals surface area contributed by atoms with Crippen LogP contribution in [0.4, 0.5) is 0 Å². The summed E-state index contributed by atoms with van der Waals surface area (Å²) in [7, 11) is 1.51. The molecule has 2 N–H and O–H groups in total. The van der Waals surface area contributed by atoms with Gasteiger partial charge in [-0.1, -0.05) is 6.07 Å². The molecule has 0 saturated carbocycles. The van der Waals surface area contributed by atoms with E-state index in [1.165, 1.54) is 19.2 Å². The number of hydrogen-bond acceptors (Lipinski definition) is 5. The van der Waals surface area contributed by atoms with Gasteiger partial charge in [-0.15, -0.1) is 0 Å². The van der Waals surface area contributed by atoms with Crippen molar-refractivity contribution in [1.29, 1.82) is 0 Å². The van der Waals surface area contributed by atoms with Crippen molar-refractivity contribution in [2.75, 3.05) is 7.11 Å². The second-order valence-corrected chi connectivity index (χ2v) is 3.66. The highest BCUT2D eigenvalue weighted by atomic mass is 16.5. The molecule has 19 heavy (non-hydrogen) atoms. The Morgan fingerprint density at radius 2 is 2.26 bits per heavy atom. The normalized spacial score (nSPS) is 9.95. The van der Waals surface area contributed by atoms with E-state index in [9.17, 15) is 9.59 Å². The lowest BCUT2D eigenvalue weighted by molar-refractivity contribution is 0.0944. The zero-order chi connectivity index (χ0) is 13.7. The molecule has 0 saturated heterocycles. The van der Waals surface area contributed by atoms with Crippen molar-refractivity contribution in [3.63, 3.8) is 0 Å². The number of aromatic amines is 1. The van der Waals surface area contributed by atoms with Gasteiger partial charge in [0, 0.05) is 24.4 Å². The Morgan fingerprint density at radius 3 is 2.95 bits per heavy atom. The van der Waals surface area contributed by atoms with Gasteiger partial charge >= 0.3 is 0 Å². The SMILES string of the molecule is COc1ncccc1CNC(=O)c1ccc(=O)[nH]n1. The van der Waals surface area contributed by atoms with Gasteiger partial charge < -0.3 is 10.1 Å². The molecule has 0 bridgehead atoms. The summed E-state index contributed by atoms with van der Waals surface area (Å²) in [4.78, 5) is 26.6. The molecular formula is C12H12N4O3. The molecule has 0 aromatic carbocycles. The molecule has 98 valence electrons. The fourth-order valence-electron chi connectivity index (χ4n) is 1.48. The molecule has 0 aliphatic rings. The first kappa shape index (κ1) is 12.7. The van der Waals surface area contributed by atoms with Crippen LogP contribution in [0.1, 0.15) is 16.1 Å². The summed E-state index contributed by atoms with van der Waals surface area (Å²) in [6, 6.07) is 6.15. The molecule has 0 radical (unpaired) electrons. The van der Waals surface area contributed by atoms with Crippen LogP contribution in [-0.4, -0.2) is 28.2 Å². The van der Waals surface area contributed by atoms with Gasteiger partial charge in [0.1, 0.15) is 5.69 Å². The van der Waals surface area contributed by atoms with E-state index in [1.807, 2.05) is 0 Å². The van der Waals surface area contributed by atoms with Crippen LogP contribution in [0.3, 0.4) is 0 Å². The van der Waals surface area contributed by atoms with E-state index in [0.717, 1.165) is 5.56 Å². The Labute approximate surface area is 108 Å². The number of pyridine rings is 1. The lowest BCUT2D eigenvalue weighted by Gasteiger charge is -2.07. The maximum Gasteiger partial charge on any atom is 0.271 e. The van der Waals surface area contributed by atoms with Crippen LogP contribution in [0, 0.1) is 0 Å². The van der Waals surface area contributed by atoms with Crippen LogP contribution in [0.15, 0.2) is 35.3 Å². The summed E-state index contributed by atoms with van der Waals surface area (Å²) in [6.45, 7) is 0.261. The molecule has 0 unspecified atom stereocenters. The number of aromatic nitrogens is 3. The highest BCUT2D eigenvalue weighted by Crippen LogP contribution is 2.12.